The molecule has 0 radical (unpaired) electrons. The number of aromatic nitrogens is 1. The molecule has 8 aromatic rings. The van der Waals surface area contributed by atoms with Gasteiger partial charge in [-0.3, -0.25) is 0 Å². The normalized spacial score (nSPS) is 12.9. The van der Waals surface area contributed by atoms with Crippen LogP contribution in [0.5, 0.6) is 0 Å². The first-order valence-electron chi connectivity index (χ1n) is 17.4. The first-order valence-corrected chi connectivity index (χ1v) is 17.4. The zero-order chi connectivity index (χ0) is 34.0. The van der Waals surface area contributed by atoms with Gasteiger partial charge in [0.1, 0.15) is 0 Å². The molecule has 1 aliphatic carbocycles. The Hall–Kier alpha value is -6.12. The molecule has 50 heavy (non-hydrogen) atoms. The number of para-hydroxylation sites is 1. The van der Waals surface area contributed by atoms with Gasteiger partial charge >= 0.3 is 0 Å². The molecule has 0 unspecified atom stereocenters. The van der Waals surface area contributed by atoms with E-state index in [1.165, 1.54) is 66.3 Å². The molecule has 0 atom stereocenters. The first-order chi connectivity index (χ1) is 24.4. The van der Waals surface area contributed by atoms with E-state index in [1.54, 1.807) is 0 Å². The summed E-state index contributed by atoms with van der Waals surface area (Å²) in [5.41, 5.74) is 16.9. The van der Waals surface area contributed by atoms with Crippen molar-refractivity contribution in [1.82, 2.24) is 4.57 Å². The number of fused-ring (bicyclic) bond motifs is 6. The number of allylic oxidation sites excluding steroid dienone is 1. The molecule has 1 heterocycles. The Balaban J connectivity index is 1.14. The van der Waals surface area contributed by atoms with E-state index >= 15 is 0 Å². The summed E-state index contributed by atoms with van der Waals surface area (Å²) in [5.74, 6) is 0. The Morgan fingerprint density at radius 1 is 0.480 bits per heavy atom. The Labute approximate surface area is 294 Å². The average molecular weight is 643 g/mol. The third kappa shape index (κ3) is 4.71. The molecule has 1 aliphatic rings. The van der Waals surface area contributed by atoms with Crippen molar-refractivity contribution in [3.05, 3.63) is 181 Å². The number of benzene rings is 7. The highest BCUT2D eigenvalue weighted by Crippen LogP contribution is 2.50. The predicted octanol–water partition coefficient (Wildman–Crippen LogP) is 13.4. The van der Waals surface area contributed by atoms with Crippen LogP contribution in [0, 0.1) is 0 Å². The Bertz CT molecular complexity index is 2570. The summed E-state index contributed by atoms with van der Waals surface area (Å²) in [6.45, 7) is 11.0. The maximum Gasteiger partial charge on any atom is 0.0537 e. The van der Waals surface area contributed by atoms with Gasteiger partial charge in [-0.05, 0) is 106 Å². The van der Waals surface area contributed by atoms with Crippen LogP contribution in [-0.2, 0) is 5.41 Å². The summed E-state index contributed by atoms with van der Waals surface area (Å²) in [4.78, 5) is 2.39. The van der Waals surface area contributed by atoms with E-state index in [0.29, 0.717) is 0 Å². The van der Waals surface area contributed by atoms with Crippen molar-refractivity contribution in [2.75, 3.05) is 4.90 Å². The molecule has 0 bridgehead atoms. The lowest BCUT2D eigenvalue weighted by atomic mass is 9.82. The van der Waals surface area contributed by atoms with E-state index in [1.807, 2.05) is 0 Å². The molecule has 0 saturated carbocycles. The molecule has 1 aromatic heterocycles. The summed E-state index contributed by atoms with van der Waals surface area (Å²) in [7, 11) is 0. The molecule has 9 rings (SSSR count). The second kappa shape index (κ2) is 11.5. The number of rotatable bonds is 6. The fourth-order valence-corrected chi connectivity index (χ4v) is 8.08. The SMILES string of the molecule is C=C(C)n1c2ccccc2c2cc(-c3ccc(N(c4ccc(-c5ccccc5)cc4)c4ccc5c(c4)C(C)(C)c4ccccc4-5)cc3)ccc21. The van der Waals surface area contributed by atoms with Crippen molar-refractivity contribution in [2.24, 2.45) is 0 Å². The van der Waals surface area contributed by atoms with E-state index in [2.05, 4.69) is 201 Å². The van der Waals surface area contributed by atoms with E-state index in [0.717, 1.165) is 22.8 Å². The highest BCUT2D eigenvalue weighted by atomic mass is 15.1. The van der Waals surface area contributed by atoms with Crippen LogP contribution in [0.4, 0.5) is 17.1 Å². The van der Waals surface area contributed by atoms with Gasteiger partial charge in [-0.1, -0.05) is 130 Å². The van der Waals surface area contributed by atoms with Crippen LogP contribution < -0.4 is 4.90 Å². The van der Waals surface area contributed by atoms with Crippen LogP contribution in [0.1, 0.15) is 31.9 Å². The highest BCUT2D eigenvalue weighted by molar-refractivity contribution is 6.11. The number of hydrogen-bond acceptors (Lipinski definition) is 1. The van der Waals surface area contributed by atoms with Crippen molar-refractivity contribution in [2.45, 2.75) is 26.2 Å². The van der Waals surface area contributed by atoms with Gasteiger partial charge in [-0.2, -0.15) is 0 Å². The zero-order valence-electron chi connectivity index (χ0n) is 28.7. The standard InChI is InChI=1S/C48H38N2/c1-32(2)49-46-17-11-9-15-42(46)43-30-36(22-29-47(43)49)35-20-25-38(26-21-35)50(37-23-18-34(19-24-37)33-12-6-5-7-13-33)39-27-28-41-40-14-8-10-16-44(40)48(3,4)45(41)31-39/h5-31H,1H2,2-4H3. The fraction of sp³-hybridized carbons (Fsp3) is 0.0833. The minimum atomic E-state index is -0.0828. The van der Waals surface area contributed by atoms with E-state index < -0.39 is 0 Å². The Kier molecular flexibility index (Phi) is 6.89. The minimum Gasteiger partial charge on any atom is -0.314 e. The van der Waals surface area contributed by atoms with E-state index in [9.17, 15) is 0 Å². The average Bonchev–Trinajstić information content (AvgIpc) is 3.61. The number of anilines is 3. The van der Waals surface area contributed by atoms with Crippen molar-refractivity contribution >= 4 is 44.6 Å². The van der Waals surface area contributed by atoms with Gasteiger partial charge in [0.25, 0.3) is 0 Å². The van der Waals surface area contributed by atoms with Crippen molar-refractivity contribution in [1.29, 1.82) is 0 Å². The molecule has 0 saturated heterocycles. The maximum absolute atomic E-state index is 4.27. The van der Waals surface area contributed by atoms with Crippen LogP contribution in [-0.4, -0.2) is 4.57 Å². The largest absolute Gasteiger partial charge is 0.314 e. The van der Waals surface area contributed by atoms with Gasteiger partial charge in [0.05, 0.1) is 11.0 Å². The third-order valence-corrected chi connectivity index (χ3v) is 10.6. The fourth-order valence-electron chi connectivity index (χ4n) is 8.08. The summed E-state index contributed by atoms with van der Waals surface area (Å²) in [6, 6.07) is 59.8. The van der Waals surface area contributed by atoms with Crippen LogP contribution in [0.25, 0.3) is 60.9 Å². The van der Waals surface area contributed by atoms with Crippen molar-refractivity contribution in [3.8, 4) is 33.4 Å². The van der Waals surface area contributed by atoms with Gasteiger partial charge in [0.15, 0.2) is 0 Å². The van der Waals surface area contributed by atoms with Gasteiger partial charge in [-0.25, -0.2) is 0 Å². The van der Waals surface area contributed by atoms with Crippen molar-refractivity contribution in [3.63, 3.8) is 0 Å². The molecule has 0 spiro atoms. The summed E-state index contributed by atoms with van der Waals surface area (Å²) in [6.07, 6.45) is 0. The molecule has 0 aliphatic heterocycles. The molecule has 0 fully saturated rings. The lowest BCUT2D eigenvalue weighted by Gasteiger charge is -2.28. The van der Waals surface area contributed by atoms with Gasteiger partial charge < -0.3 is 9.47 Å². The molecular formula is C48H38N2. The third-order valence-electron chi connectivity index (χ3n) is 10.6. The lowest BCUT2D eigenvalue weighted by molar-refractivity contribution is 0.660. The van der Waals surface area contributed by atoms with Crippen molar-refractivity contribution < 1.29 is 0 Å². The maximum atomic E-state index is 4.27. The molecule has 0 amide bonds. The quantitative estimate of drug-likeness (QED) is 0.175. The lowest BCUT2D eigenvalue weighted by Crippen LogP contribution is -2.16. The highest BCUT2D eigenvalue weighted by Gasteiger charge is 2.35. The number of hydrogen-bond donors (Lipinski definition) is 0. The molecular weight excluding hydrogens is 605 g/mol. The summed E-state index contributed by atoms with van der Waals surface area (Å²) in [5, 5.41) is 2.49. The predicted molar refractivity (Wildman–Crippen MR) is 214 cm³/mol. The van der Waals surface area contributed by atoms with Crippen LogP contribution in [0.2, 0.25) is 0 Å². The molecule has 7 aromatic carbocycles. The van der Waals surface area contributed by atoms with Crippen LogP contribution in [0.15, 0.2) is 170 Å². The van der Waals surface area contributed by atoms with E-state index in [4.69, 9.17) is 0 Å². The van der Waals surface area contributed by atoms with Gasteiger partial charge in [0, 0.05) is 38.9 Å². The van der Waals surface area contributed by atoms with Crippen LogP contribution >= 0.6 is 0 Å². The monoisotopic (exact) mass is 642 g/mol. The zero-order valence-corrected chi connectivity index (χ0v) is 28.7. The topological polar surface area (TPSA) is 8.17 Å². The second-order valence-electron chi connectivity index (χ2n) is 14.0. The molecule has 240 valence electrons. The molecule has 2 heteroatoms. The summed E-state index contributed by atoms with van der Waals surface area (Å²) < 4.78 is 2.26. The van der Waals surface area contributed by atoms with E-state index in [-0.39, 0.29) is 5.41 Å². The summed E-state index contributed by atoms with van der Waals surface area (Å²) >= 11 is 0. The molecule has 2 nitrogen and oxygen atoms in total. The molecule has 0 N–H and O–H groups in total. The first kappa shape index (κ1) is 30.0. The van der Waals surface area contributed by atoms with Crippen LogP contribution in [0.3, 0.4) is 0 Å². The number of nitrogens with zero attached hydrogens (tertiary/aromatic N) is 2. The van der Waals surface area contributed by atoms with Gasteiger partial charge in [-0.15, -0.1) is 0 Å². The Morgan fingerprint density at radius 3 is 1.74 bits per heavy atom. The van der Waals surface area contributed by atoms with Gasteiger partial charge in [0.2, 0.25) is 0 Å². The second-order valence-corrected chi connectivity index (χ2v) is 14.0. The minimum absolute atomic E-state index is 0.0828. The smallest absolute Gasteiger partial charge is 0.0537 e. The Morgan fingerprint density at radius 2 is 1.02 bits per heavy atom.